The van der Waals surface area contributed by atoms with Gasteiger partial charge in [-0.05, 0) is 30.2 Å². The van der Waals surface area contributed by atoms with Gasteiger partial charge in [0, 0.05) is 5.92 Å². The summed E-state index contributed by atoms with van der Waals surface area (Å²) in [5, 5.41) is 0. The molecule has 7 heteroatoms. The third-order valence-electron chi connectivity index (χ3n) is 4.76. The van der Waals surface area contributed by atoms with Gasteiger partial charge in [-0.2, -0.15) is 0 Å². The van der Waals surface area contributed by atoms with E-state index in [1.54, 1.807) is 0 Å². The molecule has 0 N–H and O–H groups in total. The van der Waals surface area contributed by atoms with Crippen molar-refractivity contribution in [1.29, 1.82) is 0 Å². The minimum absolute atomic E-state index is 0.0798. The summed E-state index contributed by atoms with van der Waals surface area (Å²) in [5.41, 5.74) is 1.56. The molecule has 4 rings (SSSR count). The molecule has 0 saturated heterocycles. The third-order valence-corrected chi connectivity index (χ3v) is 5.69. The zero-order valence-electron chi connectivity index (χ0n) is 14.2. The molecule has 2 aliphatic rings. The normalized spacial score (nSPS) is 19.8. The molecule has 0 bridgehead atoms. The van der Waals surface area contributed by atoms with E-state index >= 15 is 0 Å². The second-order valence-corrected chi connectivity index (χ2v) is 8.25. The maximum Gasteiger partial charge on any atom is 0.338 e. The predicted molar refractivity (Wildman–Crippen MR) is 99.9 cm³/mol. The Morgan fingerprint density at radius 1 is 1.07 bits per heavy atom. The predicted octanol–water partition coefficient (Wildman–Crippen LogP) is 3.83. The minimum Gasteiger partial charge on any atom is -0.462 e. The highest BCUT2D eigenvalue weighted by molar-refractivity contribution is 6.50. The molecule has 0 spiro atoms. The molecule has 1 saturated carbocycles. The quantitative estimate of drug-likeness (QED) is 0.432. The number of imide groups is 1. The molecule has 1 atom stereocenters. The van der Waals surface area contributed by atoms with Crippen molar-refractivity contribution < 1.29 is 19.1 Å². The number of ether oxygens (including phenoxy) is 1. The maximum atomic E-state index is 12.7. The van der Waals surface area contributed by atoms with Gasteiger partial charge in [0.05, 0.1) is 29.8 Å². The Bertz CT molecular complexity index is 942. The number of nitrogens with zero attached hydrogens (tertiary/aromatic N) is 1. The van der Waals surface area contributed by atoms with Crippen molar-refractivity contribution in [3.63, 3.8) is 0 Å². The van der Waals surface area contributed by atoms with Crippen LogP contribution in [0.15, 0.2) is 48.5 Å². The maximum absolute atomic E-state index is 12.7. The molecule has 2 aromatic carbocycles. The molecule has 138 valence electrons. The van der Waals surface area contributed by atoms with Crippen LogP contribution in [0.3, 0.4) is 0 Å². The van der Waals surface area contributed by atoms with E-state index in [2.05, 4.69) is 0 Å². The van der Waals surface area contributed by atoms with Gasteiger partial charge in [0.25, 0.3) is 11.8 Å². The standard InChI is InChI=1S/C20H15Cl2NO4/c21-20(22)9-14(20)11-27-19(26)13-6-7-15-16(8-13)18(25)23(17(15)24)10-12-4-2-1-3-5-12/h1-8,14H,9-11H2/t14-/m1/s1. The first-order valence-electron chi connectivity index (χ1n) is 8.46. The van der Waals surface area contributed by atoms with Crippen molar-refractivity contribution in [2.75, 3.05) is 6.61 Å². The van der Waals surface area contributed by atoms with Crippen LogP contribution in [0.2, 0.25) is 0 Å². The molecule has 0 radical (unpaired) electrons. The molecule has 5 nitrogen and oxygen atoms in total. The molecule has 2 aromatic rings. The lowest BCUT2D eigenvalue weighted by atomic mass is 10.1. The van der Waals surface area contributed by atoms with Crippen LogP contribution in [0.4, 0.5) is 0 Å². The number of amides is 2. The Labute approximate surface area is 165 Å². The van der Waals surface area contributed by atoms with Crippen molar-refractivity contribution in [2.24, 2.45) is 5.92 Å². The van der Waals surface area contributed by atoms with Crippen LogP contribution in [-0.2, 0) is 11.3 Å². The second-order valence-electron chi connectivity index (χ2n) is 6.70. The minimum atomic E-state index is -0.821. The highest BCUT2D eigenvalue weighted by Crippen LogP contribution is 2.53. The highest BCUT2D eigenvalue weighted by atomic mass is 35.5. The lowest BCUT2D eigenvalue weighted by molar-refractivity contribution is 0.0485. The zero-order valence-corrected chi connectivity index (χ0v) is 15.7. The van der Waals surface area contributed by atoms with Crippen LogP contribution in [-0.4, -0.2) is 33.6 Å². The molecule has 1 aliphatic carbocycles. The monoisotopic (exact) mass is 403 g/mol. The molecule has 27 heavy (non-hydrogen) atoms. The summed E-state index contributed by atoms with van der Waals surface area (Å²) in [6, 6.07) is 13.6. The summed E-state index contributed by atoms with van der Waals surface area (Å²) in [5.74, 6) is -1.44. The fourth-order valence-electron chi connectivity index (χ4n) is 3.04. The average Bonchev–Trinajstić information content (AvgIpc) is 3.22. The molecular formula is C20H15Cl2NO4. The highest BCUT2D eigenvalue weighted by Gasteiger charge is 2.52. The fourth-order valence-corrected chi connectivity index (χ4v) is 3.54. The summed E-state index contributed by atoms with van der Waals surface area (Å²) in [4.78, 5) is 38.6. The number of hydrogen-bond donors (Lipinski definition) is 0. The van der Waals surface area contributed by atoms with Gasteiger partial charge in [-0.3, -0.25) is 14.5 Å². The summed E-state index contributed by atoms with van der Waals surface area (Å²) >= 11 is 11.8. The molecule has 0 aromatic heterocycles. The lowest BCUT2D eigenvalue weighted by Crippen LogP contribution is -2.29. The molecule has 0 unspecified atom stereocenters. The van der Waals surface area contributed by atoms with Crippen LogP contribution in [0.1, 0.15) is 43.1 Å². The number of benzene rings is 2. The first kappa shape index (κ1) is 18.0. The average molecular weight is 404 g/mol. The van der Waals surface area contributed by atoms with Crippen molar-refractivity contribution in [3.8, 4) is 0 Å². The summed E-state index contributed by atoms with van der Waals surface area (Å²) < 4.78 is 4.39. The molecule has 1 aliphatic heterocycles. The Balaban J connectivity index is 1.49. The number of carbonyl (C=O) groups is 3. The van der Waals surface area contributed by atoms with Crippen molar-refractivity contribution in [2.45, 2.75) is 17.3 Å². The number of alkyl halides is 2. The van der Waals surface area contributed by atoms with E-state index in [-0.39, 0.29) is 41.7 Å². The van der Waals surface area contributed by atoms with E-state index in [1.165, 1.54) is 23.1 Å². The fraction of sp³-hybridized carbons (Fsp3) is 0.250. The second kappa shape index (κ2) is 6.66. The van der Waals surface area contributed by atoms with Crippen LogP contribution in [0, 0.1) is 5.92 Å². The third kappa shape index (κ3) is 3.45. The van der Waals surface area contributed by atoms with E-state index in [9.17, 15) is 14.4 Å². The topological polar surface area (TPSA) is 63.7 Å². The van der Waals surface area contributed by atoms with E-state index in [0.717, 1.165) is 5.56 Å². The number of rotatable bonds is 5. The zero-order chi connectivity index (χ0) is 19.2. The van der Waals surface area contributed by atoms with Crippen LogP contribution in [0.5, 0.6) is 0 Å². The Hall–Kier alpha value is -2.37. The smallest absolute Gasteiger partial charge is 0.338 e. The lowest BCUT2D eigenvalue weighted by Gasteiger charge is -2.13. The first-order valence-corrected chi connectivity index (χ1v) is 9.21. The summed E-state index contributed by atoms with van der Waals surface area (Å²) in [6.45, 7) is 0.304. The Kier molecular flexibility index (Phi) is 4.44. The van der Waals surface area contributed by atoms with Gasteiger partial charge in [-0.1, -0.05) is 30.3 Å². The van der Waals surface area contributed by atoms with Gasteiger partial charge in [-0.25, -0.2) is 4.79 Å². The van der Waals surface area contributed by atoms with E-state index in [4.69, 9.17) is 27.9 Å². The number of fused-ring (bicyclic) bond motifs is 1. The van der Waals surface area contributed by atoms with Gasteiger partial charge in [-0.15, -0.1) is 23.2 Å². The number of halogens is 2. The van der Waals surface area contributed by atoms with E-state index < -0.39 is 16.2 Å². The van der Waals surface area contributed by atoms with Gasteiger partial charge >= 0.3 is 5.97 Å². The van der Waals surface area contributed by atoms with E-state index in [0.29, 0.717) is 6.42 Å². The first-order chi connectivity index (χ1) is 12.9. The van der Waals surface area contributed by atoms with E-state index in [1.807, 2.05) is 30.3 Å². The number of hydrogen-bond acceptors (Lipinski definition) is 4. The molecule has 2 amide bonds. The van der Waals surface area contributed by atoms with Gasteiger partial charge < -0.3 is 4.74 Å². The number of carbonyl (C=O) groups excluding carboxylic acids is 3. The van der Waals surface area contributed by atoms with Crippen LogP contribution >= 0.6 is 23.2 Å². The van der Waals surface area contributed by atoms with Gasteiger partial charge in [0.15, 0.2) is 0 Å². The molecule has 1 fully saturated rings. The Morgan fingerprint density at radius 3 is 2.41 bits per heavy atom. The van der Waals surface area contributed by atoms with Crippen molar-refractivity contribution >= 4 is 41.0 Å². The van der Waals surface area contributed by atoms with Crippen molar-refractivity contribution in [1.82, 2.24) is 4.90 Å². The van der Waals surface area contributed by atoms with Crippen LogP contribution < -0.4 is 0 Å². The molecular weight excluding hydrogens is 389 g/mol. The van der Waals surface area contributed by atoms with Gasteiger partial charge in [0.2, 0.25) is 0 Å². The SMILES string of the molecule is O=C(OC[C@H]1CC1(Cl)Cl)c1ccc2c(c1)C(=O)N(Cc1ccccc1)C2=O. The Morgan fingerprint density at radius 2 is 1.74 bits per heavy atom. The summed E-state index contributed by atoms with van der Waals surface area (Å²) in [7, 11) is 0. The molecule has 1 heterocycles. The largest absolute Gasteiger partial charge is 0.462 e. The van der Waals surface area contributed by atoms with Crippen LogP contribution in [0.25, 0.3) is 0 Å². The number of esters is 1. The van der Waals surface area contributed by atoms with Gasteiger partial charge in [0.1, 0.15) is 4.33 Å². The summed E-state index contributed by atoms with van der Waals surface area (Å²) in [6.07, 6.45) is 0.578. The van der Waals surface area contributed by atoms with Crippen molar-refractivity contribution in [3.05, 3.63) is 70.8 Å².